The molecular weight excluding hydrogens is 248 g/mol. The quantitative estimate of drug-likeness (QED) is 0.875. The van der Waals surface area contributed by atoms with Crippen molar-refractivity contribution in [1.82, 2.24) is 9.97 Å². The van der Waals surface area contributed by atoms with Crippen molar-refractivity contribution in [1.29, 1.82) is 0 Å². The molecule has 0 aliphatic rings. The van der Waals surface area contributed by atoms with Crippen molar-refractivity contribution in [2.45, 2.75) is 6.92 Å². The molecule has 0 amide bonds. The zero-order chi connectivity index (χ0) is 14.0. The van der Waals surface area contributed by atoms with E-state index in [1.807, 2.05) is 0 Å². The zero-order valence-electron chi connectivity index (χ0n) is 10.9. The van der Waals surface area contributed by atoms with Crippen LogP contribution >= 0.6 is 0 Å². The summed E-state index contributed by atoms with van der Waals surface area (Å²) in [4.78, 5) is 18.1. The Morgan fingerprint density at radius 1 is 1.21 bits per heavy atom. The molecule has 0 atom stereocenters. The molecular formula is C13H14N2O4. The Labute approximate surface area is 109 Å². The van der Waals surface area contributed by atoms with Crippen LogP contribution in [0.4, 0.5) is 0 Å². The normalized spacial score (nSPS) is 10.3. The van der Waals surface area contributed by atoms with Gasteiger partial charge in [-0.05, 0) is 25.1 Å². The average Bonchev–Trinajstić information content (AvgIpc) is 2.43. The number of aromatic hydroxyl groups is 1. The van der Waals surface area contributed by atoms with E-state index in [9.17, 15) is 9.90 Å². The molecule has 2 N–H and O–H groups in total. The van der Waals surface area contributed by atoms with Crippen LogP contribution in [-0.4, -0.2) is 29.3 Å². The molecule has 2 aromatic rings. The largest absolute Gasteiger partial charge is 0.493 e. The van der Waals surface area contributed by atoms with E-state index < -0.39 is 0 Å². The summed E-state index contributed by atoms with van der Waals surface area (Å²) in [6.07, 6.45) is 0. The number of rotatable bonds is 3. The summed E-state index contributed by atoms with van der Waals surface area (Å²) >= 11 is 0. The maximum atomic E-state index is 11.6. The fourth-order valence-electron chi connectivity index (χ4n) is 1.64. The van der Waals surface area contributed by atoms with Gasteiger partial charge in [0, 0.05) is 5.56 Å². The van der Waals surface area contributed by atoms with Gasteiger partial charge in [0.1, 0.15) is 5.82 Å². The highest BCUT2D eigenvalue weighted by atomic mass is 16.5. The van der Waals surface area contributed by atoms with E-state index >= 15 is 0 Å². The molecule has 0 bridgehead atoms. The van der Waals surface area contributed by atoms with Gasteiger partial charge in [-0.2, -0.15) is 4.98 Å². The number of aromatic amines is 1. The van der Waals surface area contributed by atoms with E-state index in [0.717, 1.165) is 0 Å². The Balaban J connectivity index is 2.56. The van der Waals surface area contributed by atoms with Crippen LogP contribution in [0.3, 0.4) is 0 Å². The molecule has 0 saturated carbocycles. The van der Waals surface area contributed by atoms with Gasteiger partial charge in [-0.3, -0.25) is 4.79 Å². The Bertz CT molecular complexity index is 664. The number of hydrogen-bond acceptors (Lipinski definition) is 5. The first-order valence-electron chi connectivity index (χ1n) is 5.59. The number of H-pyrrole nitrogens is 1. The Hall–Kier alpha value is -2.50. The van der Waals surface area contributed by atoms with Gasteiger partial charge >= 0.3 is 0 Å². The van der Waals surface area contributed by atoms with Crippen LogP contribution in [-0.2, 0) is 0 Å². The number of nitrogens with one attached hydrogen (secondary N) is 1. The van der Waals surface area contributed by atoms with Gasteiger partial charge in [0.25, 0.3) is 5.56 Å². The van der Waals surface area contributed by atoms with Gasteiger partial charge in [0.2, 0.25) is 5.88 Å². The summed E-state index contributed by atoms with van der Waals surface area (Å²) in [5.41, 5.74) is 0.423. The third-order valence-corrected chi connectivity index (χ3v) is 2.78. The minimum absolute atomic E-state index is 0.184. The molecule has 1 heterocycles. The molecule has 0 radical (unpaired) electrons. The Morgan fingerprint density at radius 3 is 2.47 bits per heavy atom. The summed E-state index contributed by atoms with van der Waals surface area (Å²) in [7, 11) is 3.06. The van der Waals surface area contributed by atoms with Crippen molar-refractivity contribution in [3.8, 4) is 28.8 Å². The molecule has 0 fully saturated rings. The number of benzene rings is 1. The maximum Gasteiger partial charge on any atom is 0.257 e. The summed E-state index contributed by atoms with van der Waals surface area (Å²) in [6.45, 7) is 1.50. The standard InChI is InChI=1S/C13H14N2O4/c1-7-12(16)14-11(15-13(7)17)8-4-5-9(18-2)10(6-8)19-3/h4-6H,1-3H3,(H2,14,15,16,17). The van der Waals surface area contributed by atoms with Crippen molar-refractivity contribution in [3.05, 3.63) is 34.1 Å². The van der Waals surface area contributed by atoms with Crippen LogP contribution in [0.1, 0.15) is 5.56 Å². The summed E-state index contributed by atoms with van der Waals surface area (Å²) in [5, 5.41) is 9.58. The fraction of sp³-hybridized carbons (Fsp3) is 0.231. The third-order valence-electron chi connectivity index (χ3n) is 2.78. The second kappa shape index (κ2) is 5.01. The van der Waals surface area contributed by atoms with E-state index in [0.29, 0.717) is 17.1 Å². The lowest BCUT2D eigenvalue weighted by molar-refractivity contribution is 0.355. The van der Waals surface area contributed by atoms with Crippen molar-refractivity contribution >= 4 is 0 Å². The molecule has 0 unspecified atom stereocenters. The lowest BCUT2D eigenvalue weighted by Crippen LogP contribution is -2.12. The van der Waals surface area contributed by atoms with Crippen LogP contribution in [0.2, 0.25) is 0 Å². The maximum absolute atomic E-state index is 11.6. The molecule has 0 aliphatic heterocycles. The van der Waals surface area contributed by atoms with E-state index in [1.54, 1.807) is 18.2 Å². The molecule has 2 rings (SSSR count). The second-order valence-corrected chi connectivity index (χ2v) is 3.93. The van der Waals surface area contributed by atoms with Crippen molar-refractivity contribution in [2.75, 3.05) is 14.2 Å². The molecule has 6 nitrogen and oxygen atoms in total. The minimum atomic E-state index is -0.378. The van der Waals surface area contributed by atoms with Gasteiger partial charge in [0.05, 0.1) is 19.8 Å². The highest BCUT2D eigenvalue weighted by Crippen LogP contribution is 2.31. The molecule has 1 aromatic carbocycles. The van der Waals surface area contributed by atoms with Gasteiger partial charge in [-0.1, -0.05) is 0 Å². The molecule has 6 heteroatoms. The van der Waals surface area contributed by atoms with E-state index in [1.165, 1.54) is 21.1 Å². The van der Waals surface area contributed by atoms with E-state index in [2.05, 4.69) is 9.97 Å². The highest BCUT2D eigenvalue weighted by molar-refractivity contribution is 5.61. The predicted molar refractivity (Wildman–Crippen MR) is 69.8 cm³/mol. The first-order chi connectivity index (χ1) is 9.06. The first-order valence-corrected chi connectivity index (χ1v) is 5.59. The van der Waals surface area contributed by atoms with Crippen molar-refractivity contribution in [3.63, 3.8) is 0 Å². The van der Waals surface area contributed by atoms with Crippen molar-refractivity contribution in [2.24, 2.45) is 0 Å². The topological polar surface area (TPSA) is 84.4 Å². The number of nitrogens with zero attached hydrogens (tertiary/aromatic N) is 1. The van der Waals surface area contributed by atoms with Gasteiger partial charge in [-0.25, -0.2) is 0 Å². The summed E-state index contributed by atoms with van der Waals surface area (Å²) in [6, 6.07) is 5.09. The molecule has 0 spiro atoms. The second-order valence-electron chi connectivity index (χ2n) is 3.93. The van der Waals surface area contributed by atoms with Crippen LogP contribution in [0.15, 0.2) is 23.0 Å². The minimum Gasteiger partial charge on any atom is -0.493 e. The number of aromatic nitrogens is 2. The number of hydrogen-bond donors (Lipinski definition) is 2. The molecule has 0 saturated heterocycles. The first kappa shape index (κ1) is 12.9. The summed E-state index contributed by atoms with van der Waals surface area (Å²) < 4.78 is 10.3. The van der Waals surface area contributed by atoms with Gasteiger partial charge < -0.3 is 19.6 Å². The van der Waals surface area contributed by atoms with Gasteiger partial charge in [0.15, 0.2) is 11.5 Å². The number of ether oxygens (including phenoxy) is 2. The van der Waals surface area contributed by atoms with Crippen LogP contribution < -0.4 is 15.0 Å². The number of methoxy groups -OCH3 is 2. The average molecular weight is 262 g/mol. The van der Waals surface area contributed by atoms with Crippen molar-refractivity contribution < 1.29 is 14.6 Å². The zero-order valence-corrected chi connectivity index (χ0v) is 10.9. The molecule has 0 aliphatic carbocycles. The summed E-state index contributed by atoms with van der Waals surface area (Å²) in [5.74, 6) is 1.08. The third kappa shape index (κ3) is 2.37. The lowest BCUT2D eigenvalue weighted by Gasteiger charge is -2.09. The van der Waals surface area contributed by atoms with Crippen LogP contribution in [0.25, 0.3) is 11.4 Å². The molecule has 100 valence electrons. The highest BCUT2D eigenvalue weighted by Gasteiger charge is 2.11. The van der Waals surface area contributed by atoms with E-state index in [-0.39, 0.29) is 22.8 Å². The molecule has 1 aromatic heterocycles. The monoisotopic (exact) mass is 262 g/mol. The van der Waals surface area contributed by atoms with Crippen LogP contribution in [0, 0.1) is 6.92 Å². The molecule has 19 heavy (non-hydrogen) atoms. The Kier molecular flexibility index (Phi) is 3.41. The van der Waals surface area contributed by atoms with Crippen LogP contribution in [0.5, 0.6) is 17.4 Å². The predicted octanol–water partition coefficient (Wildman–Crippen LogP) is 1.47. The van der Waals surface area contributed by atoms with E-state index in [4.69, 9.17) is 9.47 Å². The Morgan fingerprint density at radius 2 is 1.89 bits per heavy atom. The smallest absolute Gasteiger partial charge is 0.257 e. The lowest BCUT2D eigenvalue weighted by atomic mass is 10.2. The van der Waals surface area contributed by atoms with Gasteiger partial charge in [-0.15, -0.1) is 0 Å². The fourth-order valence-corrected chi connectivity index (χ4v) is 1.64. The SMILES string of the molecule is COc1ccc(-c2nc(O)c(C)c(=O)[nH]2)cc1OC.